The molecule has 1 aliphatic rings. The molecule has 0 spiro atoms. The number of hydrogen-bond donors (Lipinski definition) is 2. The van der Waals surface area contributed by atoms with Gasteiger partial charge in [-0.3, -0.25) is 9.59 Å². The Hall–Kier alpha value is -2.65. The molecule has 1 aliphatic heterocycles. The molecule has 2 amide bonds. The van der Waals surface area contributed by atoms with Gasteiger partial charge in [0.05, 0.1) is 10.5 Å². The van der Waals surface area contributed by atoms with Crippen molar-refractivity contribution >= 4 is 27.5 Å². The first-order chi connectivity index (χ1) is 14.6. The second-order valence-electron chi connectivity index (χ2n) is 7.89. The lowest BCUT2D eigenvalue weighted by molar-refractivity contribution is -0.114. The van der Waals surface area contributed by atoms with Crippen molar-refractivity contribution in [2.24, 2.45) is 0 Å². The molecular weight excluding hydrogens is 416 g/mol. The van der Waals surface area contributed by atoms with Gasteiger partial charge in [0.25, 0.3) is 5.91 Å². The zero-order valence-corrected chi connectivity index (χ0v) is 19.3. The van der Waals surface area contributed by atoms with Crippen LogP contribution >= 0.6 is 0 Å². The Kier molecular flexibility index (Phi) is 6.86. The number of nitrogens with zero attached hydrogens (tertiary/aromatic N) is 2. The van der Waals surface area contributed by atoms with Crippen LogP contribution in [0.2, 0.25) is 0 Å². The van der Waals surface area contributed by atoms with Crippen LogP contribution in [0.4, 0.5) is 5.69 Å². The Balaban J connectivity index is 1.61. The number of nitrogens with one attached hydrogen (secondary N) is 2. The first kappa shape index (κ1) is 23.0. The predicted molar refractivity (Wildman–Crippen MR) is 120 cm³/mol. The quantitative estimate of drug-likeness (QED) is 0.712. The van der Waals surface area contributed by atoms with E-state index >= 15 is 0 Å². The van der Waals surface area contributed by atoms with E-state index in [1.807, 2.05) is 26.8 Å². The highest BCUT2D eigenvalue weighted by Gasteiger charge is 2.30. The average Bonchev–Trinajstić information content (AvgIpc) is 3.02. The minimum absolute atomic E-state index is 0.0641. The average molecular weight is 447 g/mol. The Bertz CT molecular complexity index is 1070. The van der Waals surface area contributed by atoms with Crippen LogP contribution < -0.4 is 10.6 Å². The van der Waals surface area contributed by atoms with E-state index in [4.69, 9.17) is 0 Å². The number of sulfonamides is 1. The zero-order chi connectivity index (χ0) is 22.8. The number of benzene rings is 1. The lowest BCUT2D eigenvalue weighted by Gasteiger charge is -2.31. The molecule has 0 saturated carbocycles. The molecule has 2 N–H and O–H groups in total. The van der Waals surface area contributed by atoms with Crippen LogP contribution in [-0.4, -0.2) is 48.2 Å². The minimum atomic E-state index is -3.62. The van der Waals surface area contributed by atoms with E-state index in [1.54, 1.807) is 12.1 Å². The molecule has 168 valence electrons. The summed E-state index contributed by atoms with van der Waals surface area (Å²) in [6.07, 6.45) is 1.11. The molecule has 1 saturated heterocycles. The smallest absolute Gasteiger partial charge is 0.253 e. The predicted octanol–water partition coefficient (Wildman–Crippen LogP) is 2.67. The Morgan fingerprint density at radius 1 is 1.10 bits per heavy atom. The number of aromatic nitrogens is 1. The van der Waals surface area contributed by atoms with Crippen LogP contribution in [0.1, 0.15) is 48.4 Å². The molecule has 0 bridgehead atoms. The van der Waals surface area contributed by atoms with E-state index in [2.05, 4.69) is 15.2 Å². The van der Waals surface area contributed by atoms with E-state index in [-0.39, 0.29) is 22.8 Å². The van der Waals surface area contributed by atoms with Crippen LogP contribution in [0.15, 0.2) is 35.2 Å². The van der Waals surface area contributed by atoms with Crippen LogP contribution in [-0.2, 0) is 21.4 Å². The third-order valence-electron chi connectivity index (χ3n) is 5.74. The molecule has 1 fully saturated rings. The number of anilines is 1. The van der Waals surface area contributed by atoms with Crippen molar-refractivity contribution in [3.05, 3.63) is 47.3 Å². The summed E-state index contributed by atoms with van der Waals surface area (Å²) >= 11 is 0. The number of carbonyl (C=O) groups is 2. The molecule has 0 unspecified atom stereocenters. The van der Waals surface area contributed by atoms with Crippen LogP contribution in [0.5, 0.6) is 0 Å². The Labute approximate surface area is 183 Å². The highest BCUT2D eigenvalue weighted by molar-refractivity contribution is 7.89. The maximum Gasteiger partial charge on any atom is 0.253 e. The molecule has 1 aromatic carbocycles. The van der Waals surface area contributed by atoms with Gasteiger partial charge in [0, 0.05) is 49.7 Å². The van der Waals surface area contributed by atoms with E-state index in [0.717, 1.165) is 17.9 Å². The fourth-order valence-electron chi connectivity index (χ4n) is 4.08. The summed E-state index contributed by atoms with van der Waals surface area (Å²) in [5, 5.41) is 5.69. The normalized spacial score (nSPS) is 15.6. The van der Waals surface area contributed by atoms with Crippen LogP contribution in [0, 0.1) is 13.8 Å². The van der Waals surface area contributed by atoms with Gasteiger partial charge in [-0.05, 0) is 63.9 Å². The van der Waals surface area contributed by atoms with Gasteiger partial charge >= 0.3 is 0 Å². The van der Waals surface area contributed by atoms with Gasteiger partial charge in [-0.2, -0.15) is 4.31 Å². The van der Waals surface area contributed by atoms with Gasteiger partial charge in [-0.15, -0.1) is 0 Å². The van der Waals surface area contributed by atoms with Crippen molar-refractivity contribution in [1.82, 2.24) is 14.2 Å². The molecule has 1 aromatic heterocycles. The molecule has 0 atom stereocenters. The summed E-state index contributed by atoms with van der Waals surface area (Å²) in [6.45, 7) is 8.87. The summed E-state index contributed by atoms with van der Waals surface area (Å²) < 4.78 is 29.4. The summed E-state index contributed by atoms with van der Waals surface area (Å²) in [7, 11) is -3.62. The minimum Gasteiger partial charge on any atom is -0.349 e. The SMILES string of the molecule is CCn1c(C)cc(C(=O)NC2CCN(S(=O)(=O)c3ccc(NC(C)=O)cc3)CC2)c1C. The highest BCUT2D eigenvalue weighted by Crippen LogP contribution is 2.23. The van der Waals surface area contributed by atoms with Crippen molar-refractivity contribution in [1.29, 1.82) is 0 Å². The number of aryl methyl sites for hydroxylation is 1. The molecule has 3 rings (SSSR count). The van der Waals surface area contributed by atoms with Gasteiger partial charge in [-0.25, -0.2) is 8.42 Å². The lowest BCUT2D eigenvalue weighted by atomic mass is 10.1. The third kappa shape index (κ3) is 4.99. The summed E-state index contributed by atoms with van der Waals surface area (Å²) in [5.41, 5.74) is 3.22. The molecule has 0 aliphatic carbocycles. The highest BCUT2D eigenvalue weighted by atomic mass is 32.2. The molecule has 0 radical (unpaired) electrons. The fourth-order valence-corrected chi connectivity index (χ4v) is 5.55. The van der Waals surface area contributed by atoms with E-state index in [0.29, 0.717) is 37.2 Å². The standard InChI is InChI=1S/C22H30N4O4S/c1-5-26-15(2)14-21(16(26)3)22(28)24-19-10-12-25(13-11-19)31(29,30)20-8-6-18(7-9-20)23-17(4)27/h6-9,14,19H,5,10-13H2,1-4H3,(H,23,27)(H,24,28). The number of hydrogen-bond acceptors (Lipinski definition) is 4. The second kappa shape index (κ2) is 9.23. The largest absolute Gasteiger partial charge is 0.349 e. The Morgan fingerprint density at radius 3 is 2.23 bits per heavy atom. The van der Waals surface area contributed by atoms with Crippen molar-refractivity contribution in [3.8, 4) is 0 Å². The van der Waals surface area contributed by atoms with E-state index in [9.17, 15) is 18.0 Å². The van der Waals surface area contributed by atoms with Crippen LogP contribution in [0.25, 0.3) is 0 Å². The van der Waals surface area contributed by atoms with E-state index in [1.165, 1.54) is 23.4 Å². The molecular formula is C22H30N4O4S. The molecule has 8 nitrogen and oxygen atoms in total. The summed E-state index contributed by atoms with van der Waals surface area (Å²) in [4.78, 5) is 24.1. The number of carbonyl (C=O) groups excluding carboxylic acids is 2. The summed E-state index contributed by atoms with van der Waals surface area (Å²) in [5.74, 6) is -0.320. The van der Waals surface area contributed by atoms with Crippen LogP contribution in [0.3, 0.4) is 0 Å². The third-order valence-corrected chi connectivity index (χ3v) is 7.65. The molecule has 2 heterocycles. The Morgan fingerprint density at radius 2 is 1.71 bits per heavy atom. The maximum absolute atomic E-state index is 12.9. The molecule has 9 heteroatoms. The van der Waals surface area contributed by atoms with E-state index < -0.39 is 10.0 Å². The number of rotatable bonds is 6. The number of amides is 2. The monoisotopic (exact) mass is 446 g/mol. The van der Waals surface area contributed by atoms with Gasteiger partial charge < -0.3 is 15.2 Å². The fraction of sp³-hybridized carbons (Fsp3) is 0.455. The van der Waals surface area contributed by atoms with Crippen molar-refractivity contribution in [2.75, 3.05) is 18.4 Å². The van der Waals surface area contributed by atoms with Gasteiger partial charge in [0.1, 0.15) is 0 Å². The maximum atomic E-state index is 12.9. The van der Waals surface area contributed by atoms with Gasteiger partial charge in [-0.1, -0.05) is 0 Å². The van der Waals surface area contributed by atoms with Crippen molar-refractivity contribution in [3.63, 3.8) is 0 Å². The van der Waals surface area contributed by atoms with Crippen molar-refractivity contribution in [2.45, 2.75) is 58.0 Å². The first-order valence-electron chi connectivity index (χ1n) is 10.5. The first-order valence-corrected chi connectivity index (χ1v) is 11.9. The second-order valence-corrected chi connectivity index (χ2v) is 9.82. The lowest BCUT2D eigenvalue weighted by Crippen LogP contribution is -2.46. The molecule has 31 heavy (non-hydrogen) atoms. The molecule has 2 aromatic rings. The van der Waals surface area contributed by atoms with Gasteiger partial charge in [0.15, 0.2) is 0 Å². The van der Waals surface area contributed by atoms with Crippen molar-refractivity contribution < 1.29 is 18.0 Å². The van der Waals surface area contributed by atoms with Gasteiger partial charge in [0.2, 0.25) is 15.9 Å². The summed E-state index contributed by atoms with van der Waals surface area (Å²) in [6, 6.07) is 7.99. The topological polar surface area (TPSA) is 101 Å². The zero-order valence-electron chi connectivity index (χ0n) is 18.4. The number of piperidine rings is 1.